The summed E-state index contributed by atoms with van der Waals surface area (Å²) in [7, 11) is 0. The number of carbonyl (C=O) groups is 1. The van der Waals surface area contributed by atoms with Crippen LogP contribution in [0.1, 0.15) is 44.2 Å². The summed E-state index contributed by atoms with van der Waals surface area (Å²) < 4.78 is 13.2. The third-order valence-corrected chi connectivity index (χ3v) is 5.04. The highest BCUT2D eigenvalue weighted by atomic mass is 19.1. The molecule has 1 aliphatic carbocycles. The lowest BCUT2D eigenvalue weighted by Crippen LogP contribution is -2.39. The summed E-state index contributed by atoms with van der Waals surface area (Å²) in [6.45, 7) is 3.31. The molecule has 0 atom stereocenters. The lowest BCUT2D eigenvalue weighted by atomic mass is 9.89. The Bertz CT molecular complexity index is 596. The number of hydrogen-bond donors (Lipinski definition) is 1. The largest absolute Gasteiger partial charge is 0.355 e. The van der Waals surface area contributed by atoms with Gasteiger partial charge in [0, 0.05) is 32.1 Å². The van der Waals surface area contributed by atoms with Crippen molar-refractivity contribution in [3.63, 3.8) is 0 Å². The first-order chi connectivity index (χ1) is 11.7. The van der Waals surface area contributed by atoms with Gasteiger partial charge in [0.2, 0.25) is 11.9 Å². The number of pyridine rings is 1. The third kappa shape index (κ3) is 4.63. The second-order valence-corrected chi connectivity index (χ2v) is 6.75. The quantitative estimate of drug-likeness (QED) is 0.844. The summed E-state index contributed by atoms with van der Waals surface area (Å²) >= 11 is 0. The molecular formula is C19H26FN3O. The van der Waals surface area contributed by atoms with E-state index in [-0.39, 0.29) is 11.8 Å². The van der Waals surface area contributed by atoms with Crippen molar-refractivity contribution in [1.82, 2.24) is 15.2 Å². The second-order valence-electron chi connectivity index (χ2n) is 6.75. The van der Waals surface area contributed by atoms with E-state index in [1.165, 1.54) is 25.3 Å². The summed E-state index contributed by atoms with van der Waals surface area (Å²) in [6, 6.07) is 4.93. The molecule has 0 saturated heterocycles. The minimum atomic E-state index is -0.429. The predicted molar refractivity (Wildman–Crippen MR) is 92.8 cm³/mol. The van der Waals surface area contributed by atoms with Gasteiger partial charge in [-0.3, -0.25) is 9.69 Å². The molecule has 4 nitrogen and oxygen atoms in total. The van der Waals surface area contributed by atoms with Gasteiger partial charge in [-0.2, -0.15) is 4.39 Å². The number of nitrogens with one attached hydrogen (secondary N) is 1. The van der Waals surface area contributed by atoms with Crippen LogP contribution < -0.4 is 5.32 Å². The highest BCUT2D eigenvalue weighted by molar-refractivity contribution is 5.78. The molecule has 1 N–H and O–H groups in total. The van der Waals surface area contributed by atoms with Crippen LogP contribution in [0.4, 0.5) is 4.39 Å². The first-order valence-corrected chi connectivity index (χ1v) is 9.04. The van der Waals surface area contributed by atoms with Crippen LogP contribution in [-0.2, 0) is 4.79 Å². The van der Waals surface area contributed by atoms with E-state index in [0.717, 1.165) is 50.2 Å². The Kier molecular flexibility index (Phi) is 5.96. The first kappa shape index (κ1) is 17.1. The van der Waals surface area contributed by atoms with Crippen LogP contribution >= 0.6 is 0 Å². The van der Waals surface area contributed by atoms with E-state index >= 15 is 0 Å². The van der Waals surface area contributed by atoms with Crippen LogP contribution in [0.25, 0.3) is 5.57 Å². The monoisotopic (exact) mass is 331 g/mol. The third-order valence-electron chi connectivity index (χ3n) is 5.04. The molecule has 1 aliphatic heterocycles. The Morgan fingerprint density at radius 3 is 2.83 bits per heavy atom. The number of rotatable bonds is 5. The van der Waals surface area contributed by atoms with Crippen LogP contribution in [0.15, 0.2) is 24.3 Å². The van der Waals surface area contributed by atoms with Gasteiger partial charge in [0.25, 0.3) is 0 Å². The highest BCUT2D eigenvalue weighted by Gasteiger charge is 2.21. The fourth-order valence-corrected chi connectivity index (χ4v) is 3.58. The van der Waals surface area contributed by atoms with Crippen LogP contribution in [0, 0.1) is 11.9 Å². The Hall–Kier alpha value is -1.75. The maximum Gasteiger partial charge on any atom is 0.223 e. The number of amides is 1. The van der Waals surface area contributed by atoms with Crippen molar-refractivity contribution in [1.29, 1.82) is 0 Å². The SMILES string of the molecule is O=C(NCCN1CC=C(c2cccc(F)n2)CC1)C1CCCCC1. The van der Waals surface area contributed by atoms with Gasteiger partial charge in [-0.25, -0.2) is 4.98 Å². The lowest BCUT2D eigenvalue weighted by molar-refractivity contribution is -0.125. The molecule has 1 aromatic rings. The Morgan fingerprint density at radius 1 is 1.29 bits per heavy atom. The van der Waals surface area contributed by atoms with Crippen LogP contribution in [0.2, 0.25) is 0 Å². The van der Waals surface area contributed by atoms with Crippen LogP contribution in [0.3, 0.4) is 0 Å². The van der Waals surface area contributed by atoms with Gasteiger partial charge >= 0.3 is 0 Å². The van der Waals surface area contributed by atoms with Gasteiger partial charge in [-0.15, -0.1) is 0 Å². The van der Waals surface area contributed by atoms with Gasteiger partial charge in [0.1, 0.15) is 0 Å². The maximum atomic E-state index is 13.2. The number of halogens is 1. The van der Waals surface area contributed by atoms with Crippen LogP contribution in [-0.4, -0.2) is 42.0 Å². The van der Waals surface area contributed by atoms with E-state index < -0.39 is 5.95 Å². The molecule has 1 amide bonds. The molecule has 24 heavy (non-hydrogen) atoms. The molecule has 0 bridgehead atoms. The normalized spacial score (nSPS) is 19.8. The van der Waals surface area contributed by atoms with Crippen molar-refractivity contribution in [2.24, 2.45) is 5.92 Å². The molecule has 0 unspecified atom stereocenters. The van der Waals surface area contributed by atoms with E-state index in [2.05, 4.69) is 21.3 Å². The molecule has 0 radical (unpaired) electrons. The van der Waals surface area contributed by atoms with Gasteiger partial charge in [-0.05, 0) is 37.0 Å². The zero-order valence-corrected chi connectivity index (χ0v) is 14.1. The number of nitrogens with zero attached hydrogens (tertiary/aromatic N) is 2. The van der Waals surface area contributed by atoms with E-state index in [9.17, 15) is 9.18 Å². The summed E-state index contributed by atoms with van der Waals surface area (Å²) in [4.78, 5) is 18.4. The van der Waals surface area contributed by atoms with E-state index in [1.54, 1.807) is 6.07 Å². The van der Waals surface area contributed by atoms with Crippen molar-refractivity contribution >= 4 is 11.5 Å². The van der Waals surface area contributed by atoms with E-state index in [1.807, 2.05) is 6.07 Å². The predicted octanol–water partition coefficient (Wildman–Crippen LogP) is 3.01. The van der Waals surface area contributed by atoms with Crippen molar-refractivity contribution in [2.75, 3.05) is 26.2 Å². The molecule has 3 rings (SSSR count). The molecule has 1 fully saturated rings. The average Bonchev–Trinajstić information content (AvgIpc) is 2.63. The maximum absolute atomic E-state index is 13.2. The zero-order valence-electron chi connectivity index (χ0n) is 14.1. The zero-order chi connectivity index (χ0) is 16.8. The lowest BCUT2D eigenvalue weighted by Gasteiger charge is -2.27. The number of hydrogen-bond acceptors (Lipinski definition) is 3. The summed E-state index contributed by atoms with van der Waals surface area (Å²) in [5, 5.41) is 3.09. The summed E-state index contributed by atoms with van der Waals surface area (Å²) in [5.74, 6) is 0.0267. The molecule has 1 aromatic heterocycles. The minimum Gasteiger partial charge on any atom is -0.355 e. The fourth-order valence-electron chi connectivity index (χ4n) is 3.58. The number of aromatic nitrogens is 1. The molecule has 2 aliphatic rings. The van der Waals surface area contributed by atoms with E-state index in [0.29, 0.717) is 6.54 Å². The van der Waals surface area contributed by atoms with Crippen molar-refractivity contribution in [3.05, 3.63) is 35.9 Å². The van der Waals surface area contributed by atoms with Gasteiger partial charge in [0.05, 0.1) is 5.69 Å². The number of carbonyl (C=O) groups excluding carboxylic acids is 1. The van der Waals surface area contributed by atoms with Gasteiger partial charge in [0.15, 0.2) is 0 Å². The average molecular weight is 331 g/mol. The smallest absolute Gasteiger partial charge is 0.223 e. The molecule has 0 spiro atoms. The standard InChI is InChI=1S/C19H26FN3O/c20-18-8-4-7-17(22-18)15-9-12-23(13-10-15)14-11-21-19(24)16-5-2-1-3-6-16/h4,7-9,16H,1-3,5-6,10-14H2,(H,21,24). The molecule has 5 heteroatoms. The first-order valence-electron chi connectivity index (χ1n) is 9.04. The molecule has 130 valence electrons. The van der Waals surface area contributed by atoms with Gasteiger partial charge in [-0.1, -0.05) is 31.4 Å². The summed E-state index contributed by atoms with van der Waals surface area (Å²) in [6.07, 6.45) is 8.72. The molecular weight excluding hydrogens is 305 g/mol. The van der Waals surface area contributed by atoms with Crippen molar-refractivity contribution in [3.8, 4) is 0 Å². The van der Waals surface area contributed by atoms with Gasteiger partial charge < -0.3 is 5.32 Å². The molecule has 2 heterocycles. The van der Waals surface area contributed by atoms with Crippen molar-refractivity contribution in [2.45, 2.75) is 38.5 Å². The van der Waals surface area contributed by atoms with Crippen molar-refractivity contribution < 1.29 is 9.18 Å². The Morgan fingerprint density at radius 2 is 2.12 bits per heavy atom. The minimum absolute atomic E-state index is 0.227. The molecule has 1 saturated carbocycles. The highest BCUT2D eigenvalue weighted by Crippen LogP contribution is 2.23. The van der Waals surface area contributed by atoms with E-state index in [4.69, 9.17) is 0 Å². The Balaban J connectivity index is 1.41. The molecule has 0 aromatic carbocycles. The topological polar surface area (TPSA) is 45.2 Å². The second kappa shape index (κ2) is 8.38. The van der Waals surface area contributed by atoms with Crippen LogP contribution in [0.5, 0.6) is 0 Å². The fraction of sp³-hybridized carbons (Fsp3) is 0.579. The Labute approximate surface area is 143 Å². The summed E-state index contributed by atoms with van der Waals surface area (Å²) in [5.41, 5.74) is 1.84.